The van der Waals surface area contributed by atoms with E-state index in [0.717, 1.165) is 11.1 Å². The van der Waals surface area contributed by atoms with E-state index in [1.807, 2.05) is 55.5 Å². The first-order valence-corrected chi connectivity index (χ1v) is 20.0. The molecule has 0 aromatic heterocycles. The van der Waals surface area contributed by atoms with Crippen LogP contribution in [0.1, 0.15) is 66.9 Å². The Morgan fingerprint density at radius 1 is 0.516 bits per heavy atom. The van der Waals surface area contributed by atoms with Gasteiger partial charge in [-0.05, 0) is 110 Å². The molecule has 0 aliphatic heterocycles. The molecular formula is C50H48N2O12. The molecule has 0 aliphatic carbocycles. The van der Waals surface area contributed by atoms with Crippen molar-refractivity contribution in [3.8, 4) is 51.4 Å². The van der Waals surface area contributed by atoms with Gasteiger partial charge >= 0.3 is 11.9 Å². The summed E-state index contributed by atoms with van der Waals surface area (Å²) in [5.41, 5.74) is 4.60. The van der Waals surface area contributed by atoms with Gasteiger partial charge in [0.05, 0.1) is 41.2 Å². The maximum atomic E-state index is 13.4. The first kappa shape index (κ1) is 45.7. The van der Waals surface area contributed by atoms with Crippen LogP contribution in [0, 0.1) is 0 Å². The number of amides is 2. The summed E-state index contributed by atoms with van der Waals surface area (Å²) in [7, 11) is 9.10. The molecule has 6 rings (SSSR count). The number of hydrogen-bond donors (Lipinski definition) is 1. The Bertz CT molecular complexity index is 2630. The largest absolute Gasteiger partial charge is 0.496 e. The number of hydrogen-bond acceptors (Lipinski definition) is 12. The Balaban J connectivity index is 1.05. The van der Waals surface area contributed by atoms with E-state index in [2.05, 4.69) is 0 Å². The van der Waals surface area contributed by atoms with Gasteiger partial charge in [0.25, 0.3) is 11.8 Å². The first-order chi connectivity index (χ1) is 30.8. The standard InChI is InChI=1S/C50H48N2O12/c1-9-62-46-29-44(60-7)41(28-45(46)61-8)50(57)64-38-24-16-34(17-25-38)48(55)52(4)36-20-12-32(13-21-36)31-10-18-35(19-11-31)51(3)47(54)33-14-22-37(23-15-33)63-49(56)40-27-42(58-5)39(30(2)53)26-43(40)59-6/h10-30,53H,9H2,1-8H3. The minimum atomic E-state index is -0.849. The van der Waals surface area contributed by atoms with Crippen LogP contribution in [0.5, 0.6) is 40.2 Å². The highest BCUT2D eigenvalue weighted by Crippen LogP contribution is 2.36. The molecule has 1 N–H and O–H groups in total. The second-order valence-corrected chi connectivity index (χ2v) is 14.3. The molecule has 1 atom stereocenters. The van der Waals surface area contributed by atoms with Gasteiger partial charge in [-0.1, -0.05) is 24.3 Å². The topological polar surface area (TPSA) is 160 Å². The zero-order chi connectivity index (χ0) is 46.1. The quantitative estimate of drug-likeness (QED) is 0.0729. The van der Waals surface area contributed by atoms with Crippen molar-refractivity contribution in [3.63, 3.8) is 0 Å². The first-order valence-electron chi connectivity index (χ1n) is 20.0. The normalized spacial score (nSPS) is 11.1. The van der Waals surface area contributed by atoms with E-state index in [0.29, 0.717) is 51.9 Å². The van der Waals surface area contributed by atoms with Crippen molar-refractivity contribution in [1.29, 1.82) is 0 Å². The number of rotatable bonds is 16. The van der Waals surface area contributed by atoms with E-state index in [-0.39, 0.29) is 45.9 Å². The van der Waals surface area contributed by atoms with Crippen LogP contribution in [-0.2, 0) is 0 Å². The molecular weight excluding hydrogens is 821 g/mol. The van der Waals surface area contributed by atoms with Gasteiger partial charge in [-0.25, -0.2) is 9.59 Å². The van der Waals surface area contributed by atoms with Crippen molar-refractivity contribution in [2.24, 2.45) is 0 Å². The maximum Gasteiger partial charge on any atom is 0.347 e. The summed E-state index contributed by atoms with van der Waals surface area (Å²) < 4.78 is 38.2. The second kappa shape index (κ2) is 20.4. The van der Waals surface area contributed by atoms with Crippen molar-refractivity contribution >= 4 is 35.1 Å². The Morgan fingerprint density at radius 2 is 0.906 bits per heavy atom. The second-order valence-electron chi connectivity index (χ2n) is 14.3. The smallest absolute Gasteiger partial charge is 0.347 e. The molecule has 330 valence electrons. The predicted octanol–water partition coefficient (Wildman–Crippen LogP) is 8.83. The van der Waals surface area contributed by atoms with Gasteiger partial charge in [-0.3, -0.25) is 9.59 Å². The predicted molar refractivity (Wildman–Crippen MR) is 241 cm³/mol. The van der Waals surface area contributed by atoms with E-state index in [4.69, 9.17) is 33.2 Å². The molecule has 0 bridgehead atoms. The number of aliphatic hydroxyl groups is 1. The Hall–Kier alpha value is -7.84. The van der Waals surface area contributed by atoms with Crippen molar-refractivity contribution < 1.29 is 57.4 Å². The number of anilines is 2. The molecule has 1 unspecified atom stereocenters. The average molecular weight is 869 g/mol. The Labute approximate surface area is 371 Å². The molecule has 0 saturated carbocycles. The maximum absolute atomic E-state index is 13.4. The molecule has 0 spiro atoms. The molecule has 2 amide bonds. The lowest BCUT2D eigenvalue weighted by Gasteiger charge is -2.19. The van der Waals surface area contributed by atoms with E-state index < -0.39 is 18.0 Å². The van der Waals surface area contributed by atoms with Crippen LogP contribution in [0.25, 0.3) is 11.1 Å². The number of carbonyl (C=O) groups excluding carboxylic acids is 4. The molecule has 0 radical (unpaired) electrons. The molecule has 14 nitrogen and oxygen atoms in total. The lowest BCUT2D eigenvalue weighted by molar-refractivity contribution is 0.0720. The molecule has 6 aromatic rings. The van der Waals surface area contributed by atoms with E-state index in [1.54, 1.807) is 63.5 Å². The molecule has 0 aliphatic rings. The van der Waals surface area contributed by atoms with Crippen molar-refractivity contribution in [2.75, 3.05) is 58.9 Å². The third-order valence-corrected chi connectivity index (χ3v) is 10.3. The fourth-order valence-corrected chi connectivity index (χ4v) is 6.74. The monoisotopic (exact) mass is 868 g/mol. The summed E-state index contributed by atoms with van der Waals surface area (Å²) in [6.45, 7) is 3.81. The summed E-state index contributed by atoms with van der Waals surface area (Å²) in [6.07, 6.45) is -0.849. The van der Waals surface area contributed by atoms with Gasteiger partial charge in [-0.15, -0.1) is 0 Å². The summed E-state index contributed by atoms with van der Waals surface area (Å²) >= 11 is 0. The number of nitrogens with zero attached hydrogens (tertiary/aromatic N) is 2. The Morgan fingerprint density at radius 3 is 1.28 bits per heavy atom. The average Bonchev–Trinajstić information content (AvgIpc) is 3.33. The summed E-state index contributed by atoms with van der Waals surface area (Å²) in [5.74, 6) is 0.122. The highest BCUT2D eigenvalue weighted by molar-refractivity contribution is 6.07. The summed E-state index contributed by atoms with van der Waals surface area (Å²) in [4.78, 5) is 56.1. The van der Waals surface area contributed by atoms with Crippen LogP contribution < -0.4 is 43.0 Å². The lowest BCUT2D eigenvalue weighted by Crippen LogP contribution is -2.26. The van der Waals surface area contributed by atoms with Gasteiger partial charge in [0.15, 0.2) is 11.5 Å². The van der Waals surface area contributed by atoms with Gasteiger partial charge in [0.2, 0.25) is 0 Å². The number of methoxy groups -OCH3 is 4. The fourth-order valence-electron chi connectivity index (χ4n) is 6.74. The fraction of sp³-hybridized carbons (Fsp3) is 0.200. The number of ether oxygens (including phenoxy) is 7. The SMILES string of the molecule is CCOc1cc(OC)c(C(=O)Oc2ccc(C(=O)N(C)c3ccc(-c4ccc(N(C)C(=O)c5ccc(OC(=O)c6cc(OC)c(C(C)O)cc6OC)cc5)cc4)cc3)cc2)cc1OC. The highest BCUT2D eigenvalue weighted by Gasteiger charge is 2.23. The van der Waals surface area contributed by atoms with Gasteiger partial charge < -0.3 is 48.1 Å². The van der Waals surface area contributed by atoms with Crippen molar-refractivity contribution in [2.45, 2.75) is 20.0 Å². The van der Waals surface area contributed by atoms with Gasteiger partial charge in [-0.2, -0.15) is 0 Å². The van der Waals surface area contributed by atoms with E-state index in [1.165, 1.54) is 68.6 Å². The van der Waals surface area contributed by atoms with Crippen LogP contribution >= 0.6 is 0 Å². The van der Waals surface area contributed by atoms with Crippen LogP contribution in [0.4, 0.5) is 11.4 Å². The molecule has 0 saturated heterocycles. The van der Waals surface area contributed by atoms with Crippen LogP contribution in [0.15, 0.2) is 121 Å². The molecule has 0 fully saturated rings. The molecule has 0 heterocycles. The minimum Gasteiger partial charge on any atom is -0.496 e. The number of aliphatic hydroxyl groups excluding tert-OH is 1. The summed E-state index contributed by atoms with van der Waals surface area (Å²) in [6, 6.07) is 33.5. The Kier molecular flexibility index (Phi) is 14.5. The minimum absolute atomic E-state index is 0.109. The van der Waals surface area contributed by atoms with Crippen LogP contribution in [0.3, 0.4) is 0 Å². The third-order valence-electron chi connectivity index (χ3n) is 10.3. The van der Waals surface area contributed by atoms with E-state index in [9.17, 15) is 24.3 Å². The number of esters is 2. The number of benzene rings is 6. The molecule has 64 heavy (non-hydrogen) atoms. The van der Waals surface area contributed by atoms with Gasteiger partial charge in [0.1, 0.15) is 39.9 Å². The lowest BCUT2D eigenvalue weighted by atomic mass is 10.0. The highest BCUT2D eigenvalue weighted by atomic mass is 16.5. The van der Waals surface area contributed by atoms with Crippen LogP contribution in [0.2, 0.25) is 0 Å². The number of carbonyl (C=O) groups is 4. The zero-order valence-corrected chi connectivity index (χ0v) is 36.7. The summed E-state index contributed by atoms with van der Waals surface area (Å²) in [5, 5.41) is 10.1. The molecule has 6 aromatic carbocycles. The van der Waals surface area contributed by atoms with Crippen molar-refractivity contribution in [1.82, 2.24) is 0 Å². The zero-order valence-electron chi connectivity index (χ0n) is 36.7. The van der Waals surface area contributed by atoms with Gasteiger partial charge in [0, 0.05) is 54.3 Å². The van der Waals surface area contributed by atoms with Crippen LogP contribution in [-0.4, -0.2) is 78.0 Å². The van der Waals surface area contributed by atoms with E-state index >= 15 is 0 Å². The molecule has 14 heteroatoms. The third kappa shape index (κ3) is 10.1. The van der Waals surface area contributed by atoms with Crippen molar-refractivity contribution in [3.05, 3.63) is 149 Å².